The van der Waals surface area contributed by atoms with Gasteiger partial charge in [-0.3, -0.25) is 0 Å². The molecule has 0 aliphatic heterocycles. The van der Waals surface area contributed by atoms with Crippen molar-refractivity contribution in [2.24, 2.45) is 5.92 Å². The first-order chi connectivity index (χ1) is 7.86. The fraction of sp³-hybridized carbons (Fsp3) is 0.625. The average molecular weight is 220 g/mol. The minimum atomic E-state index is 0.931. The smallest absolute Gasteiger partial charge is 0.0276 e. The second-order valence-electron chi connectivity index (χ2n) is 4.09. The van der Waals surface area contributed by atoms with E-state index in [1.165, 1.54) is 37.7 Å². The average Bonchev–Trinajstić information content (AvgIpc) is 2.38. The molecule has 0 spiro atoms. The van der Waals surface area contributed by atoms with Gasteiger partial charge in [-0.1, -0.05) is 77.3 Å². The third kappa shape index (κ3) is 6.66. The van der Waals surface area contributed by atoms with E-state index in [1.54, 1.807) is 0 Å². The van der Waals surface area contributed by atoms with Gasteiger partial charge in [0.1, 0.15) is 0 Å². The van der Waals surface area contributed by atoms with Gasteiger partial charge in [-0.2, -0.15) is 0 Å². The van der Waals surface area contributed by atoms with E-state index < -0.39 is 0 Å². The van der Waals surface area contributed by atoms with Crippen LogP contribution in [0.25, 0.3) is 0 Å². The maximum absolute atomic E-state index is 2.31. The molecule has 0 fully saturated rings. The van der Waals surface area contributed by atoms with Crippen LogP contribution in [0.2, 0.25) is 0 Å². The van der Waals surface area contributed by atoms with Crippen LogP contribution in [0.4, 0.5) is 0 Å². The first-order valence-electron chi connectivity index (χ1n) is 6.90. The van der Waals surface area contributed by atoms with Crippen LogP contribution in [0.15, 0.2) is 30.3 Å². The molecule has 1 unspecified atom stereocenters. The largest absolute Gasteiger partial charge is 0.0683 e. The summed E-state index contributed by atoms with van der Waals surface area (Å²) in [6.45, 7) is 8.59. The molecule has 0 aliphatic carbocycles. The lowest BCUT2D eigenvalue weighted by Crippen LogP contribution is -2.00. The van der Waals surface area contributed by atoms with Gasteiger partial charge in [0.05, 0.1) is 0 Å². The molecular formula is C16H28. The van der Waals surface area contributed by atoms with Gasteiger partial charge in [-0.25, -0.2) is 0 Å². The van der Waals surface area contributed by atoms with E-state index in [9.17, 15) is 0 Å². The zero-order chi connectivity index (χ0) is 12.2. The Labute approximate surface area is 102 Å². The van der Waals surface area contributed by atoms with Crippen LogP contribution >= 0.6 is 0 Å². The maximum atomic E-state index is 2.31. The standard InChI is InChI=1S/C14H22.C2H6/c1-3-8-13(4-2)11-12-14-9-6-5-7-10-14;1-2/h5-7,9-10,13H,3-4,8,11-12H2,1-2H3;1-2H3. The first kappa shape index (κ1) is 15.2. The van der Waals surface area contributed by atoms with E-state index in [0.717, 1.165) is 5.92 Å². The summed E-state index contributed by atoms with van der Waals surface area (Å²) in [5.41, 5.74) is 1.49. The molecule has 0 bridgehead atoms. The fourth-order valence-corrected chi connectivity index (χ4v) is 1.98. The Kier molecular flexibility index (Phi) is 10.2. The molecule has 0 aromatic heterocycles. The third-order valence-corrected chi connectivity index (χ3v) is 2.96. The van der Waals surface area contributed by atoms with E-state index >= 15 is 0 Å². The summed E-state index contributed by atoms with van der Waals surface area (Å²) in [5, 5.41) is 0. The van der Waals surface area contributed by atoms with E-state index in [0.29, 0.717) is 0 Å². The van der Waals surface area contributed by atoms with Crippen molar-refractivity contribution in [2.75, 3.05) is 0 Å². The normalized spacial score (nSPS) is 11.5. The first-order valence-corrected chi connectivity index (χ1v) is 6.90. The van der Waals surface area contributed by atoms with Crippen molar-refractivity contribution >= 4 is 0 Å². The quantitative estimate of drug-likeness (QED) is 0.596. The molecule has 0 radical (unpaired) electrons. The van der Waals surface area contributed by atoms with Crippen LogP contribution in [0.3, 0.4) is 0 Å². The summed E-state index contributed by atoms with van der Waals surface area (Å²) in [7, 11) is 0. The Morgan fingerprint density at radius 3 is 2.06 bits per heavy atom. The predicted molar refractivity (Wildman–Crippen MR) is 74.8 cm³/mol. The summed E-state index contributed by atoms with van der Waals surface area (Å²) < 4.78 is 0. The molecule has 16 heavy (non-hydrogen) atoms. The highest BCUT2D eigenvalue weighted by Gasteiger charge is 2.04. The van der Waals surface area contributed by atoms with Crippen LogP contribution in [0.1, 0.15) is 58.9 Å². The van der Waals surface area contributed by atoms with Gasteiger partial charge in [0.25, 0.3) is 0 Å². The van der Waals surface area contributed by atoms with Crippen LogP contribution in [-0.4, -0.2) is 0 Å². The Morgan fingerprint density at radius 1 is 0.938 bits per heavy atom. The molecule has 0 aliphatic rings. The Balaban J connectivity index is 0.00000106. The molecule has 0 heteroatoms. The molecule has 92 valence electrons. The molecular weight excluding hydrogens is 192 g/mol. The highest BCUT2D eigenvalue weighted by molar-refractivity contribution is 5.14. The van der Waals surface area contributed by atoms with Crippen molar-refractivity contribution in [1.29, 1.82) is 0 Å². The summed E-state index contributed by atoms with van der Waals surface area (Å²) >= 11 is 0. The molecule has 0 saturated heterocycles. The highest BCUT2D eigenvalue weighted by Crippen LogP contribution is 2.17. The van der Waals surface area contributed by atoms with Gasteiger partial charge >= 0.3 is 0 Å². The SMILES string of the molecule is CC.CCCC(CC)CCc1ccccc1. The van der Waals surface area contributed by atoms with Gasteiger partial charge in [0.2, 0.25) is 0 Å². The minimum absolute atomic E-state index is 0.931. The molecule has 0 nitrogen and oxygen atoms in total. The summed E-state index contributed by atoms with van der Waals surface area (Å²) in [5.74, 6) is 0.931. The number of rotatable bonds is 6. The van der Waals surface area contributed by atoms with Gasteiger partial charge < -0.3 is 0 Å². The van der Waals surface area contributed by atoms with Gasteiger partial charge in [-0.15, -0.1) is 0 Å². The Morgan fingerprint density at radius 2 is 1.56 bits per heavy atom. The second-order valence-corrected chi connectivity index (χ2v) is 4.09. The van der Waals surface area contributed by atoms with Gasteiger partial charge in [-0.05, 0) is 24.3 Å². The molecule has 1 rings (SSSR count). The van der Waals surface area contributed by atoms with Crippen molar-refractivity contribution in [1.82, 2.24) is 0 Å². The van der Waals surface area contributed by atoms with Crippen LogP contribution < -0.4 is 0 Å². The Bertz CT molecular complexity index is 225. The van der Waals surface area contributed by atoms with Gasteiger partial charge in [0, 0.05) is 0 Å². The lowest BCUT2D eigenvalue weighted by atomic mass is 9.93. The van der Waals surface area contributed by atoms with Crippen molar-refractivity contribution in [2.45, 2.75) is 59.8 Å². The Hall–Kier alpha value is -0.780. The topological polar surface area (TPSA) is 0 Å². The molecule has 1 atom stereocenters. The van der Waals surface area contributed by atoms with E-state index in [-0.39, 0.29) is 0 Å². The maximum Gasteiger partial charge on any atom is -0.0276 e. The number of benzene rings is 1. The van der Waals surface area contributed by atoms with Crippen LogP contribution in [-0.2, 0) is 6.42 Å². The molecule has 0 amide bonds. The highest BCUT2D eigenvalue weighted by atomic mass is 14.1. The molecule has 0 N–H and O–H groups in total. The minimum Gasteiger partial charge on any atom is -0.0683 e. The number of aryl methyl sites for hydroxylation is 1. The summed E-state index contributed by atoms with van der Waals surface area (Å²) in [6.07, 6.45) is 6.66. The predicted octanol–water partition coefficient (Wildman–Crippen LogP) is 5.47. The lowest BCUT2D eigenvalue weighted by Gasteiger charge is -2.13. The van der Waals surface area contributed by atoms with Crippen LogP contribution in [0.5, 0.6) is 0 Å². The molecule has 0 heterocycles. The van der Waals surface area contributed by atoms with E-state index in [2.05, 4.69) is 44.2 Å². The van der Waals surface area contributed by atoms with Crippen LogP contribution in [0, 0.1) is 5.92 Å². The third-order valence-electron chi connectivity index (χ3n) is 2.96. The second kappa shape index (κ2) is 10.7. The van der Waals surface area contributed by atoms with Crippen molar-refractivity contribution < 1.29 is 0 Å². The van der Waals surface area contributed by atoms with Crippen molar-refractivity contribution in [3.8, 4) is 0 Å². The van der Waals surface area contributed by atoms with Crippen molar-refractivity contribution in [3.05, 3.63) is 35.9 Å². The van der Waals surface area contributed by atoms with E-state index in [4.69, 9.17) is 0 Å². The molecule has 1 aromatic carbocycles. The summed E-state index contributed by atoms with van der Waals surface area (Å²) in [6, 6.07) is 10.8. The molecule has 0 saturated carbocycles. The number of hydrogen-bond acceptors (Lipinski definition) is 0. The fourth-order valence-electron chi connectivity index (χ4n) is 1.98. The monoisotopic (exact) mass is 220 g/mol. The zero-order valence-corrected chi connectivity index (χ0v) is 11.5. The molecule has 1 aromatic rings. The number of hydrogen-bond donors (Lipinski definition) is 0. The van der Waals surface area contributed by atoms with Crippen molar-refractivity contribution in [3.63, 3.8) is 0 Å². The van der Waals surface area contributed by atoms with Gasteiger partial charge in [0.15, 0.2) is 0 Å². The summed E-state index contributed by atoms with van der Waals surface area (Å²) in [4.78, 5) is 0. The van der Waals surface area contributed by atoms with E-state index in [1.807, 2.05) is 13.8 Å². The lowest BCUT2D eigenvalue weighted by molar-refractivity contribution is 0.432. The zero-order valence-electron chi connectivity index (χ0n) is 11.5.